The molecule has 2 aromatic carbocycles. The highest BCUT2D eigenvalue weighted by atomic mass is 35.5. The molecule has 0 aliphatic heterocycles. The molecule has 0 aromatic heterocycles. The van der Waals surface area contributed by atoms with E-state index < -0.39 is 12.3 Å². The van der Waals surface area contributed by atoms with E-state index in [2.05, 4.69) is 0 Å². The first kappa shape index (κ1) is 17.0. The van der Waals surface area contributed by atoms with Crippen molar-refractivity contribution in [3.05, 3.63) is 64.7 Å². The molecular weight excluding hydrogens is 315 g/mol. The zero-order valence-electron chi connectivity index (χ0n) is 13.3. The molecule has 0 spiro atoms. The molecular formula is C18H20ClO2P. The van der Waals surface area contributed by atoms with Gasteiger partial charge in [0.2, 0.25) is 5.52 Å². The Morgan fingerprint density at radius 3 is 2.09 bits per heavy atom. The molecule has 0 aliphatic carbocycles. The zero-order chi connectivity index (χ0) is 16.5. The first-order chi connectivity index (χ1) is 10.2. The molecule has 0 N–H and O–H groups in total. The van der Waals surface area contributed by atoms with E-state index in [9.17, 15) is 9.36 Å². The predicted molar refractivity (Wildman–Crippen MR) is 94.0 cm³/mol. The first-order valence-corrected chi connectivity index (χ1v) is 9.24. The van der Waals surface area contributed by atoms with Crippen LogP contribution in [0.15, 0.2) is 48.5 Å². The van der Waals surface area contributed by atoms with Crippen molar-refractivity contribution in [2.75, 3.05) is 0 Å². The van der Waals surface area contributed by atoms with Gasteiger partial charge in [0, 0.05) is 16.0 Å². The summed E-state index contributed by atoms with van der Waals surface area (Å²) < 4.78 is 13.8. The summed E-state index contributed by atoms with van der Waals surface area (Å²) in [6.07, 6.45) is 0. The summed E-state index contributed by atoms with van der Waals surface area (Å²) in [5, 5.41) is 0.245. The largest absolute Gasteiger partial charge is 0.310 e. The predicted octanol–water partition coefficient (Wildman–Crippen LogP) is 5.28. The van der Waals surface area contributed by atoms with Gasteiger partial charge < -0.3 is 4.57 Å². The summed E-state index contributed by atoms with van der Waals surface area (Å²) >= 11 is 6.23. The molecule has 2 aromatic rings. The summed E-state index contributed by atoms with van der Waals surface area (Å²) in [6, 6.07) is 14.3. The quantitative estimate of drug-likeness (QED) is 0.716. The summed E-state index contributed by atoms with van der Waals surface area (Å²) in [5.74, 6) is 0. The van der Waals surface area contributed by atoms with Crippen LogP contribution in [0.4, 0.5) is 0 Å². The lowest BCUT2D eigenvalue weighted by molar-refractivity contribution is 0.107. The molecule has 2 nitrogen and oxygen atoms in total. The summed E-state index contributed by atoms with van der Waals surface area (Å²) in [5.41, 5.74) is 0.749. The smallest absolute Gasteiger partial charge is 0.227 e. The first-order valence-electron chi connectivity index (χ1n) is 7.15. The minimum absolute atomic E-state index is 0.352. The number of hydrogen-bond donors (Lipinski definition) is 0. The van der Waals surface area contributed by atoms with Crippen LogP contribution in [-0.2, 0) is 4.57 Å². The van der Waals surface area contributed by atoms with Gasteiger partial charge in [0.25, 0.3) is 0 Å². The van der Waals surface area contributed by atoms with Gasteiger partial charge in [-0.1, -0.05) is 74.8 Å². The highest BCUT2D eigenvalue weighted by Crippen LogP contribution is 2.59. The van der Waals surface area contributed by atoms with Crippen LogP contribution >= 0.6 is 18.7 Å². The van der Waals surface area contributed by atoms with Crippen molar-refractivity contribution < 1.29 is 9.36 Å². The average Bonchev–Trinajstić information content (AvgIpc) is 2.45. The molecule has 4 heteroatoms. The third-order valence-electron chi connectivity index (χ3n) is 3.79. The van der Waals surface area contributed by atoms with Crippen molar-refractivity contribution in [3.63, 3.8) is 0 Å². The molecule has 116 valence electrons. The van der Waals surface area contributed by atoms with Gasteiger partial charge in [0.05, 0.1) is 5.02 Å². The van der Waals surface area contributed by atoms with Crippen molar-refractivity contribution in [2.45, 2.75) is 32.9 Å². The number of benzene rings is 2. The van der Waals surface area contributed by atoms with E-state index in [1.54, 1.807) is 36.4 Å². The normalized spacial score (nSPS) is 14.4. The molecule has 0 aliphatic rings. The van der Waals surface area contributed by atoms with Crippen LogP contribution in [0.3, 0.4) is 0 Å². The third-order valence-corrected chi connectivity index (χ3v) is 7.81. The molecule has 0 saturated heterocycles. The topological polar surface area (TPSA) is 34.1 Å². The monoisotopic (exact) mass is 334 g/mol. The van der Waals surface area contributed by atoms with Gasteiger partial charge in [-0.15, -0.1) is 0 Å². The number of carbonyl (C=O) groups is 1. The molecule has 0 heterocycles. The second-order valence-corrected chi connectivity index (χ2v) is 10.2. The number of hydrogen-bond acceptors (Lipinski definition) is 2. The maximum atomic E-state index is 13.8. The Kier molecular flexibility index (Phi) is 4.65. The van der Waals surface area contributed by atoms with Crippen LogP contribution in [0.5, 0.6) is 0 Å². The lowest BCUT2D eigenvalue weighted by Crippen LogP contribution is -2.29. The number of aryl methyl sites for hydroxylation is 1. The van der Waals surface area contributed by atoms with E-state index >= 15 is 0 Å². The van der Waals surface area contributed by atoms with Crippen LogP contribution in [0, 0.1) is 6.92 Å². The van der Waals surface area contributed by atoms with Crippen molar-refractivity contribution in [2.24, 2.45) is 0 Å². The molecule has 1 atom stereocenters. The molecule has 0 fully saturated rings. The van der Waals surface area contributed by atoms with Crippen molar-refractivity contribution in [1.29, 1.82) is 0 Å². The Morgan fingerprint density at radius 1 is 1.00 bits per heavy atom. The Bertz CT molecular complexity index is 725. The van der Waals surface area contributed by atoms with Gasteiger partial charge in [-0.05, 0) is 18.6 Å². The van der Waals surface area contributed by atoms with Crippen LogP contribution < -0.4 is 5.30 Å². The lowest BCUT2D eigenvalue weighted by Gasteiger charge is -2.31. The van der Waals surface area contributed by atoms with Crippen LogP contribution in [-0.4, -0.2) is 10.7 Å². The number of halogens is 1. The maximum Gasteiger partial charge on any atom is 0.227 e. The van der Waals surface area contributed by atoms with Gasteiger partial charge in [-0.2, -0.15) is 0 Å². The fraction of sp³-hybridized carbons (Fsp3) is 0.278. The molecule has 0 bridgehead atoms. The van der Waals surface area contributed by atoms with Crippen LogP contribution in [0.25, 0.3) is 0 Å². The van der Waals surface area contributed by atoms with Gasteiger partial charge in [-0.25, -0.2) is 0 Å². The van der Waals surface area contributed by atoms with Crippen LogP contribution in [0.1, 0.15) is 36.7 Å². The van der Waals surface area contributed by atoms with E-state index in [0.29, 0.717) is 15.9 Å². The SMILES string of the molecule is Cc1cccc(Cl)c1C(=O)P(=O)(c1ccccc1)C(C)(C)C. The minimum Gasteiger partial charge on any atom is -0.310 e. The van der Waals surface area contributed by atoms with Gasteiger partial charge in [0.1, 0.15) is 0 Å². The molecule has 22 heavy (non-hydrogen) atoms. The molecule has 0 radical (unpaired) electrons. The zero-order valence-corrected chi connectivity index (χ0v) is 14.9. The molecule has 0 saturated carbocycles. The fourth-order valence-electron chi connectivity index (χ4n) is 2.51. The fourth-order valence-corrected chi connectivity index (χ4v) is 5.70. The van der Waals surface area contributed by atoms with Crippen LogP contribution in [0.2, 0.25) is 5.02 Å². The Hall–Kier alpha value is -1.37. The second-order valence-electron chi connectivity index (χ2n) is 6.35. The van der Waals surface area contributed by atoms with Gasteiger partial charge in [-0.3, -0.25) is 4.79 Å². The van der Waals surface area contributed by atoms with E-state index in [1.165, 1.54) is 0 Å². The van der Waals surface area contributed by atoms with E-state index in [4.69, 9.17) is 11.6 Å². The summed E-state index contributed by atoms with van der Waals surface area (Å²) in [7, 11) is -3.35. The van der Waals surface area contributed by atoms with Crippen molar-refractivity contribution >= 4 is 29.6 Å². The number of carbonyl (C=O) groups excluding carboxylic acids is 1. The third kappa shape index (κ3) is 2.78. The van der Waals surface area contributed by atoms with E-state index in [0.717, 1.165) is 5.56 Å². The molecule has 2 rings (SSSR count). The van der Waals surface area contributed by atoms with E-state index in [-0.39, 0.29) is 5.52 Å². The Morgan fingerprint density at radius 2 is 1.59 bits per heavy atom. The summed E-state index contributed by atoms with van der Waals surface area (Å²) in [6.45, 7) is 7.33. The Balaban J connectivity index is 2.72. The molecule has 1 unspecified atom stereocenters. The average molecular weight is 335 g/mol. The standard InChI is InChI=1S/C18H20ClO2P/c1-13-9-8-12-15(19)16(13)17(20)22(21,18(2,3)4)14-10-6-5-7-11-14/h5-12H,1-4H3. The minimum atomic E-state index is -3.35. The van der Waals surface area contributed by atoms with Gasteiger partial charge >= 0.3 is 0 Å². The maximum absolute atomic E-state index is 13.8. The van der Waals surface area contributed by atoms with E-state index in [1.807, 2.05) is 39.8 Å². The van der Waals surface area contributed by atoms with Crippen molar-refractivity contribution in [3.8, 4) is 0 Å². The highest BCUT2D eigenvalue weighted by molar-refractivity contribution is 7.88. The second kappa shape index (κ2) is 6.02. The van der Waals surface area contributed by atoms with Crippen molar-refractivity contribution in [1.82, 2.24) is 0 Å². The molecule has 0 amide bonds. The summed E-state index contributed by atoms with van der Waals surface area (Å²) in [4.78, 5) is 13.2. The number of rotatable bonds is 3. The highest BCUT2D eigenvalue weighted by Gasteiger charge is 2.46. The van der Waals surface area contributed by atoms with Gasteiger partial charge in [0.15, 0.2) is 7.14 Å². The Labute approximate surface area is 136 Å². The lowest BCUT2D eigenvalue weighted by atomic mass is 10.1.